The molecule has 2 aromatic heterocycles. The van der Waals surface area contributed by atoms with Crippen molar-refractivity contribution in [3.05, 3.63) is 18.1 Å². The van der Waals surface area contributed by atoms with Gasteiger partial charge in [0.05, 0.1) is 17.6 Å². The lowest BCUT2D eigenvalue weighted by Crippen LogP contribution is -2.42. The number of hydrogen-bond donors (Lipinski definition) is 8. The van der Waals surface area contributed by atoms with Crippen molar-refractivity contribution >= 4 is 33.2 Å². The number of nitrogens with zero attached hydrogens (tertiary/aromatic N) is 2. The van der Waals surface area contributed by atoms with Crippen molar-refractivity contribution in [1.82, 2.24) is 20.3 Å². The van der Waals surface area contributed by atoms with Crippen LogP contribution in [0.3, 0.4) is 0 Å². The summed E-state index contributed by atoms with van der Waals surface area (Å²) in [6.07, 6.45) is 0.769. The van der Waals surface area contributed by atoms with Crippen LogP contribution in [0.2, 0.25) is 0 Å². The molecule has 15 heteroatoms. The molecule has 1 aliphatic rings. The summed E-state index contributed by atoms with van der Waals surface area (Å²) in [5.74, 6) is -0.305. The lowest BCUT2D eigenvalue weighted by molar-refractivity contribution is -0.147. The second-order valence-electron chi connectivity index (χ2n) is 7.31. The van der Waals surface area contributed by atoms with Crippen LogP contribution in [0.15, 0.2) is 12.5 Å². The maximum atomic E-state index is 11.9. The van der Waals surface area contributed by atoms with E-state index in [9.17, 15) is 15.0 Å². The van der Waals surface area contributed by atoms with Crippen molar-refractivity contribution in [2.24, 2.45) is 11.7 Å². The number of esters is 1. The Hall–Kier alpha value is -2.40. The third-order valence-electron chi connectivity index (χ3n) is 4.75. The van der Waals surface area contributed by atoms with E-state index in [1.165, 1.54) is 6.33 Å². The molecule has 3 rings (SSSR count). The van der Waals surface area contributed by atoms with Crippen LogP contribution in [0.4, 0.5) is 5.82 Å². The maximum Gasteiger partial charge on any atom is 0.394 e. The monoisotopic (exact) mass is 462 g/mol. The number of aromatic nitrogens is 3. The minimum Gasteiger partial charge on any atom is -0.463 e. The van der Waals surface area contributed by atoms with E-state index in [0.29, 0.717) is 22.4 Å². The number of carbonyl (C=O) groups excluding carboxylic acids is 1. The van der Waals surface area contributed by atoms with E-state index in [4.69, 9.17) is 33.7 Å². The summed E-state index contributed by atoms with van der Waals surface area (Å²) in [4.78, 5) is 23.0. The smallest absolute Gasteiger partial charge is 0.394 e. The van der Waals surface area contributed by atoms with Gasteiger partial charge < -0.3 is 31.4 Å². The first kappa shape index (κ1) is 24.9. The number of ether oxygens (including phenoxy) is 1. The maximum absolute atomic E-state index is 11.9. The topological polar surface area (TPSA) is 247 Å². The van der Waals surface area contributed by atoms with Crippen molar-refractivity contribution in [3.8, 4) is 0 Å². The summed E-state index contributed by atoms with van der Waals surface area (Å²) >= 11 is 0. The molecule has 2 aromatic rings. The van der Waals surface area contributed by atoms with Gasteiger partial charge in [-0.1, -0.05) is 13.8 Å². The number of aromatic amines is 1. The molecular weight excluding hydrogens is 436 g/mol. The summed E-state index contributed by atoms with van der Waals surface area (Å²) < 4.78 is 36.8. The van der Waals surface area contributed by atoms with E-state index in [1.807, 2.05) is 13.8 Å². The Morgan fingerprint density at radius 1 is 1.26 bits per heavy atom. The molecule has 14 nitrogen and oxygen atoms in total. The number of carbonyl (C=O) groups is 1. The minimum absolute atomic E-state index is 0.0568. The Kier molecular flexibility index (Phi) is 7.87. The number of rotatable bonds is 5. The van der Waals surface area contributed by atoms with Crippen LogP contribution in [0.5, 0.6) is 0 Å². The van der Waals surface area contributed by atoms with Crippen LogP contribution in [0.25, 0.3) is 11.0 Å². The van der Waals surface area contributed by atoms with Gasteiger partial charge in [-0.15, -0.1) is 0 Å². The van der Waals surface area contributed by atoms with Gasteiger partial charge in [0.15, 0.2) is 5.82 Å². The molecule has 0 spiro atoms. The fourth-order valence-electron chi connectivity index (χ4n) is 3.04. The molecule has 0 saturated carbocycles. The van der Waals surface area contributed by atoms with Gasteiger partial charge in [-0.2, -0.15) is 8.42 Å². The molecule has 5 atom stereocenters. The zero-order valence-electron chi connectivity index (χ0n) is 16.7. The van der Waals surface area contributed by atoms with Gasteiger partial charge in [-0.05, 0) is 5.92 Å². The molecule has 0 bridgehead atoms. The fourth-order valence-corrected chi connectivity index (χ4v) is 3.04. The van der Waals surface area contributed by atoms with Crippen molar-refractivity contribution in [2.75, 3.05) is 12.3 Å². The third-order valence-corrected chi connectivity index (χ3v) is 4.75. The second kappa shape index (κ2) is 9.82. The molecule has 0 aliphatic carbocycles. The van der Waals surface area contributed by atoms with E-state index in [-0.39, 0.29) is 12.5 Å². The molecular formula is C16H26N6O8S. The number of nitrogens with one attached hydrogen (secondary N) is 2. The van der Waals surface area contributed by atoms with E-state index < -0.39 is 46.7 Å². The van der Waals surface area contributed by atoms with Crippen LogP contribution in [-0.4, -0.2) is 79.6 Å². The standard InChI is InChI=1S/C16H24N6O4.H2O4S/c1-6(2)9(17)16(25)26-4-8-13(23)14(24)11(22-8)7-3-19-12-10(7)20-5-21-15(12)18;1-5(2,3)4/h3,5-6,8-9,11,13-14,19,22-24H,4,17H2,1-2H3,(H2,18,20,21);(H2,1,2,3,4)/t8-,9?,11+,13-,14+;/m1./s1. The van der Waals surface area contributed by atoms with Crippen LogP contribution in [0, 0.1) is 5.92 Å². The van der Waals surface area contributed by atoms with Gasteiger partial charge in [0, 0.05) is 11.8 Å². The average molecular weight is 462 g/mol. The number of nitrogen functional groups attached to an aromatic ring is 1. The summed E-state index contributed by atoms with van der Waals surface area (Å²) in [5.41, 5.74) is 13.3. The fraction of sp³-hybridized carbons (Fsp3) is 0.562. The minimum atomic E-state index is -4.67. The van der Waals surface area contributed by atoms with Gasteiger partial charge in [-0.3, -0.25) is 19.2 Å². The predicted molar refractivity (Wildman–Crippen MR) is 108 cm³/mol. The van der Waals surface area contributed by atoms with Gasteiger partial charge in [0.1, 0.15) is 36.7 Å². The SMILES string of the molecule is CC(C)C(N)C(=O)OC[C@H]1N[C@@H](c2c[nH]c3c(N)ncnc23)[C@H](O)[C@@H]1O.O=S(=O)(O)O. The van der Waals surface area contributed by atoms with Gasteiger partial charge >= 0.3 is 16.4 Å². The van der Waals surface area contributed by atoms with Crippen molar-refractivity contribution in [3.63, 3.8) is 0 Å². The first-order valence-corrected chi connectivity index (χ1v) is 10.5. The largest absolute Gasteiger partial charge is 0.463 e. The molecule has 1 unspecified atom stereocenters. The van der Waals surface area contributed by atoms with E-state index in [2.05, 4.69) is 20.3 Å². The third kappa shape index (κ3) is 6.30. The summed E-state index contributed by atoms with van der Waals surface area (Å²) in [5, 5.41) is 23.8. The molecule has 1 saturated heterocycles. The number of fused-ring (bicyclic) bond motifs is 1. The van der Waals surface area contributed by atoms with Crippen molar-refractivity contribution in [1.29, 1.82) is 0 Å². The molecule has 0 aromatic carbocycles. The number of nitrogens with two attached hydrogens (primary N) is 2. The Bertz CT molecular complexity index is 1000. The molecule has 0 radical (unpaired) electrons. The number of hydrogen-bond acceptors (Lipinski definition) is 11. The zero-order valence-corrected chi connectivity index (χ0v) is 17.5. The Balaban J connectivity index is 0.000000614. The normalized spacial score (nSPS) is 24.6. The first-order valence-electron chi connectivity index (χ1n) is 9.13. The quantitative estimate of drug-likeness (QED) is 0.180. The van der Waals surface area contributed by atoms with Crippen LogP contribution < -0.4 is 16.8 Å². The number of anilines is 1. The van der Waals surface area contributed by atoms with E-state index in [1.54, 1.807) is 6.20 Å². The Morgan fingerprint density at radius 2 is 1.87 bits per heavy atom. The highest BCUT2D eigenvalue weighted by molar-refractivity contribution is 7.79. The van der Waals surface area contributed by atoms with Crippen LogP contribution in [0.1, 0.15) is 25.5 Å². The van der Waals surface area contributed by atoms with Crippen molar-refractivity contribution < 1.29 is 37.3 Å². The molecule has 31 heavy (non-hydrogen) atoms. The number of aliphatic hydroxyl groups is 2. The molecule has 10 N–H and O–H groups in total. The highest BCUT2D eigenvalue weighted by Crippen LogP contribution is 2.32. The van der Waals surface area contributed by atoms with Crippen molar-refractivity contribution in [2.45, 2.75) is 44.2 Å². The molecule has 0 amide bonds. The van der Waals surface area contributed by atoms with Crippen LogP contribution in [-0.2, 0) is 19.9 Å². The highest BCUT2D eigenvalue weighted by atomic mass is 32.3. The van der Waals surface area contributed by atoms with E-state index >= 15 is 0 Å². The first-order chi connectivity index (χ1) is 14.3. The Morgan fingerprint density at radius 3 is 2.45 bits per heavy atom. The Labute approximate surface area is 177 Å². The van der Waals surface area contributed by atoms with Crippen LogP contribution >= 0.6 is 0 Å². The lowest BCUT2D eigenvalue weighted by atomic mass is 10.0. The van der Waals surface area contributed by atoms with Gasteiger partial charge in [0.2, 0.25) is 0 Å². The molecule has 174 valence electrons. The van der Waals surface area contributed by atoms with Gasteiger partial charge in [0.25, 0.3) is 0 Å². The zero-order chi connectivity index (χ0) is 23.5. The summed E-state index contributed by atoms with van der Waals surface area (Å²) in [7, 11) is -4.67. The summed E-state index contributed by atoms with van der Waals surface area (Å²) in [6, 6.07) is -1.97. The average Bonchev–Trinajstić information content (AvgIpc) is 3.21. The number of aliphatic hydroxyl groups excluding tert-OH is 2. The predicted octanol–water partition coefficient (Wildman–Crippen LogP) is -1.85. The lowest BCUT2D eigenvalue weighted by Gasteiger charge is -2.19. The van der Waals surface area contributed by atoms with E-state index in [0.717, 1.165) is 0 Å². The molecule has 1 fully saturated rings. The molecule has 3 heterocycles. The second-order valence-corrected chi connectivity index (χ2v) is 8.20. The number of H-pyrrole nitrogens is 1. The van der Waals surface area contributed by atoms with Gasteiger partial charge in [-0.25, -0.2) is 9.97 Å². The molecule has 1 aliphatic heterocycles. The summed E-state index contributed by atoms with van der Waals surface area (Å²) in [6.45, 7) is 3.53. The highest BCUT2D eigenvalue weighted by Gasteiger charge is 2.43.